The Morgan fingerprint density at radius 1 is 0.950 bits per heavy atom. The van der Waals surface area contributed by atoms with E-state index in [1.54, 1.807) is 0 Å². The van der Waals surface area contributed by atoms with Crippen molar-refractivity contribution < 1.29 is 0 Å². The molecule has 2 saturated heterocycles. The molecule has 1 aromatic rings. The van der Waals surface area contributed by atoms with Gasteiger partial charge in [0.1, 0.15) is 0 Å². The summed E-state index contributed by atoms with van der Waals surface area (Å²) in [4.78, 5) is 5.23. The molecule has 1 unspecified atom stereocenters. The Labute approximate surface area is 123 Å². The Balaban J connectivity index is 1.40. The van der Waals surface area contributed by atoms with E-state index in [0.29, 0.717) is 0 Å². The third-order valence-electron chi connectivity index (χ3n) is 4.60. The molecule has 3 nitrogen and oxygen atoms in total. The van der Waals surface area contributed by atoms with Crippen LogP contribution >= 0.6 is 0 Å². The molecular formula is C17H27N3. The summed E-state index contributed by atoms with van der Waals surface area (Å²) in [6, 6.07) is 11.6. The minimum Gasteiger partial charge on any atom is -0.313 e. The summed E-state index contributed by atoms with van der Waals surface area (Å²) >= 11 is 0. The van der Waals surface area contributed by atoms with Crippen molar-refractivity contribution in [3.63, 3.8) is 0 Å². The van der Waals surface area contributed by atoms with Crippen molar-refractivity contribution >= 4 is 0 Å². The second kappa shape index (κ2) is 7.21. The standard InChI is InChI=1S/C17H27N3/c1-2-6-16(7-3-1)14-19-10-12-20(13-11-19)15-17-8-4-5-9-18-17/h1-3,6-7,17-18H,4-5,8-15H2. The van der Waals surface area contributed by atoms with E-state index < -0.39 is 0 Å². The van der Waals surface area contributed by atoms with E-state index in [9.17, 15) is 0 Å². The molecule has 2 aliphatic heterocycles. The van der Waals surface area contributed by atoms with Gasteiger partial charge in [-0.3, -0.25) is 9.80 Å². The molecule has 0 spiro atoms. The van der Waals surface area contributed by atoms with Crippen LogP contribution in [0.1, 0.15) is 24.8 Å². The highest BCUT2D eigenvalue weighted by Crippen LogP contribution is 2.12. The van der Waals surface area contributed by atoms with E-state index in [-0.39, 0.29) is 0 Å². The van der Waals surface area contributed by atoms with Gasteiger partial charge in [0.15, 0.2) is 0 Å². The molecule has 3 heteroatoms. The zero-order chi connectivity index (χ0) is 13.6. The quantitative estimate of drug-likeness (QED) is 0.904. The topological polar surface area (TPSA) is 18.5 Å². The second-order valence-corrected chi connectivity index (χ2v) is 6.21. The fourth-order valence-electron chi connectivity index (χ4n) is 3.36. The lowest BCUT2D eigenvalue weighted by Gasteiger charge is -2.37. The van der Waals surface area contributed by atoms with Crippen molar-refractivity contribution in [3.8, 4) is 0 Å². The van der Waals surface area contributed by atoms with Crippen LogP contribution in [0.4, 0.5) is 0 Å². The average molecular weight is 273 g/mol. The number of piperazine rings is 1. The smallest absolute Gasteiger partial charge is 0.0234 e. The number of nitrogens with zero attached hydrogens (tertiary/aromatic N) is 2. The van der Waals surface area contributed by atoms with Crippen LogP contribution in [0, 0.1) is 0 Å². The molecule has 0 bridgehead atoms. The zero-order valence-corrected chi connectivity index (χ0v) is 12.4. The molecule has 0 saturated carbocycles. The summed E-state index contributed by atoms with van der Waals surface area (Å²) in [5.74, 6) is 0. The molecule has 1 aromatic carbocycles. The summed E-state index contributed by atoms with van der Waals surface area (Å²) in [6.45, 7) is 8.45. The molecule has 20 heavy (non-hydrogen) atoms. The van der Waals surface area contributed by atoms with Crippen LogP contribution in [0.5, 0.6) is 0 Å². The van der Waals surface area contributed by atoms with Crippen LogP contribution < -0.4 is 5.32 Å². The van der Waals surface area contributed by atoms with E-state index >= 15 is 0 Å². The van der Waals surface area contributed by atoms with Gasteiger partial charge >= 0.3 is 0 Å². The SMILES string of the molecule is c1ccc(CN2CCN(CC3CCCCN3)CC2)cc1. The summed E-state index contributed by atoms with van der Waals surface area (Å²) < 4.78 is 0. The molecule has 0 radical (unpaired) electrons. The molecule has 1 atom stereocenters. The first-order chi connectivity index (χ1) is 9.90. The van der Waals surface area contributed by atoms with Crippen LogP contribution in [-0.4, -0.2) is 55.1 Å². The van der Waals surface area contributed by atoms with Gasteiger partial charge in [-0.15, -0.1) is 0 Å². The molecule has 0 aliphatic carbocycles. The Bertz CT molecular complexity index is 378. The van der Waals surface area contributed by atoms with E-state index in [4.69, 9.17) is 0 Å². The third kappa shape index (κ3) is 4.05. The molecule has 2 fully saturated rings. The number of benzene rings is 1. The maximum absolute atomic E-state index is 3.66. The molecule has 2 heterocycles. The van der Waals surface area contributed by atoms with E-state index in [1.165, 1.54) is 64.1 Å². The maximum Gasteiger partial charge on any atom is 0.0234 e. The minimum atomic E-state index is 0.740. The summed E-state index contributed by atoms with van der Waals surface area (Å²) in [6.07, 6.45) is 4.14. The molecule has 3 rings (SSSR count). The first-order valence-electron chi connectivity index (χ1n) is 8.12. The highest BCUT2D eigenvalue weighted by atomic mass is 15.3. The molecule has 0 aromatic heterocycles. The van der Waals surface area contributed by atoms with Gasteiger partial charge < -0.3 is 5.32 Å². The van der Waals surface area contributed by atoms with E-state index in [2.05, 4.69) is 45.4 Å². The first kappa shape index (κ1) is 14.1. The van der Waals surface area contributed by atoms with Crippen LogP contribution in [0.3, 0.4) is 0 Å². The predicted molar refractivity (Wildman–Crippen MR) is 83.8 cm³/mol. The Kier molecular flexibility index (Phi) is 5.06. The van der Waals surface area contributed by atoms with Crippen LogP contribution in [0.2, 0.25) is 0 Å². The zero-order valence-electron chi connectivity index (χ0n) is 12.4. The van der Waals surface area contributed by atoms with Crippen molar-refractivity contribution in [2.75, 3.05) is 39.3 Å². The van der Waals surface area contributed by atoms with Gasteiger partial charge in [0.2, 0.25) is 0 Å². The fraction of sp³-hybridized carbons (Fsp3) is 0.647. The Hall–Kier alpha value is -0.900. The molecule has 0 amide bonds. The summed E-state index contributed by atoms with van der Waals surface area (Å²) in [5.41, 5.74) is 1.44. The van der Waals surface area contributed by atoms with Crippen molar-refractivity contribution in [1.82, 2.24) is 15.1 Å². The average Bonchev–Trinajstić information content (AvgIpc) is 2.51. The maximum atomic E-state index is 3.66. The third-order valence-corrected chi connectivity index (χ3v) is 4.60. The summed E-state index contributed by atoms with van der Waals surface area (Å²) in [7, 11) is 0. The highest BCUT2D eigenvalue weighted by Gasteiger charge is 2.21. The number of hydrogen-bond acceptors (Lipinski definition) is 3. The van der Waals surface area contributed by atoms with Crippen molar-refractivity contribution in [2.45, 2.75) is 31.8 Å². The van der Waals surface area contributed by atoms with Gasteiger partial charge in [0.05, 0.1) is 0 Å². The minimum absolute atomic E-state index is 0.740. The van der Waals surface area contributed by atoms with Gasteiger partial charge in [0.25, 0.3) is 0 Å². The first-order valence-corrected chi connectivity index (χ1v) is 8.12. The van der Waals surface area contributed by atoms with Gasteiger partial charge in [-0.05, 0) is 24.9 Å². The van der Waals surface area contributed by atoms with Gasteiger partial charge in [-0.2, -0.15) is 0 Å². The highest BCUT2D eigenvalue weighted by molar-refractivity contribution is 5.14. The number of hydrogen-bond donors (Lipinski definition) is 1. The molecule has 110 valence electrons. The van der Waals surface area contributed by atoms with Crippen molar-refractivity contribution in [2.24, 2.45) is 0 Å². The van der Waals surface area contributed by atoms with Gasteiger partial charge in [0, 0.05) is 45.3 Å². The van der Waals surface area contributed by atoms with E-state index in [1.807, 2.05) is 0 Å². The lowest BCUT2D eigenvalue weighted by atomic mass is 10.0. The number of piperidine rings is 1. The molecule has 2 aliphatic rings. The monoisotopic (exact) mass is 273 g/mol. The fourth-order valence-corrected chi connectivity index (χ4v) is 3.36. The molecular weight excluding hydrogens is 246 g/mol. The van der Waals surface area contributed by atoms with Crippen LogP contribution in [0.25, 0.3) is 0 Å². The normalized spacial score (nSPS) is 25.7. The lowest BCUT2D eigenvalue weighted by Crippen LogP contribution is -2.51. The van der Waals surface area contributed by atoms with Gasteiger partial charge in [-0.25, -0.2) is 0 Å². The largest absolute Gasteiger partial charge is 0.313 e. The Morgan fingerprint density at radius 2 is 1.70 bits per heavy atom. The van der Waals surface area contributed by atoms with Crippen LogP contribution in [0.15, 0.2) is 30.3 Å². The second-order valence-electron chi connectivity index (χ2n) is 6.21. The lowest BCUT2D eigenvalue weighted by molar-refractivity contribution is 0.114. The van der Waals surface area contributed by atoms with Crippen LogP contribution in [-0.2, 0) is 6.54 Å². The van der Waals surface area contributed by atoms with E-state index in [0.717, 1.165) is 12.6 Å². The molecule has 1 N–H and O–H groups in total. The van der Waals surface area contributed by atoms with Crippen molar-refractivity contribution in [1.29, 1.82) is 0 Å². The van der Waals surface area contributed by atoms with Gasteiger partial charge in [-0.1, -0.05) is 36.8 Å². The number of nitrogens with one attached hydrogen (secondary N) is 1. The van der Waals surface area contributed by atoms with Crippen molar-refractivity contribution in [3.05, 3.63) is 35.9 Å². The Morgan fingerprint density at radius 3 is 2.40 bits per heavy atom. The summed E-state index contributed by atoms with van der Waals surface area (Å²) in [5, 5.41) is 3.66. The predicted octanol–water partition coefficient (Wildman–Crippen LogP) is 1.95. The number of rotatable bonds is 4.